The Morgan fingerprint density at radius 1 is 1.16 bits per heavy atom. The van der Waals surface area contributed by atoms with Crippen LogP contribution in [0, 0.1) is 12.7 Å². The fraction of sp³-hybridized carbons (Fsp3) is 0.158. The topological polar surface area (TPSA) is 68.5 Å². The maximum absolute atomic E-state index is 14.8. The molecule has 3 aromatic rings. The molecule has 0 aliphatic heterocycles. The molecule has 0 atom stereocenters. The van der Waals surface area contributed by atoms with Gasteiger partial charge in [0.05, 0.1) is 19.0 Å². The van der Waals surface area contributed by atoms with E-state index in [1.54, 1.807) is 43.3 Å². The first-order valence-corrected chi connectivity index (χ1v) is 7.63. The third-order valence-corrected chi connectivity index (χ3v) is 4.17. The first kappa shape index (κ1) is 16.7. The molecule has 2 aromatic carbocycles. The minimum atomic E-state index is -1.10. The van der Waals surface area contributed by atoms with Crippen LogP contribution in [-0.2, 0) is 11.2 Å². The Morgan fingerprint density at radius 2 is 1.84 bits per heavy atom. The summed E-state index contributed by atoms with van der Waals surface area (Å²) in [7, 11) is 1.33. The summed E-state index contributed by atoms with van der Waals surface area (Å²) in [6.07, 6.45) is -0.387. The Hall–Kier alpha value is -3.15. The Labute approximate surface area is 143 Å². The van der Waals surface area contributed by atoms with E-state index in [4.69, 9.17) is 4.74 Å². The molecule has 25 heavy (non-hydrogen) atoms. The molecule has 0 spiro atoms. The molecule has 128 valence electrons. The number of hydrogen-bond acceptors (Lipinski definition) is 3. The number of benzene rings is 2. The van der Waals surface area contributed by atoms with E-state index in [9.17, 15) is 19.1 Å². The number of ether oxygens (including phenoxy) is 1. The van der Waals surface area contributed by atoms with E-state index in [2.05, 4.69) is 0 Å². The molecule has 3 rings (SSSR count). The molecule has 6 heteroatoms. The second-order valence-electron chi connectivity index (χ2n) is 5.62. The van der Waals surface area contributed by atoms with Gasteiger partial charge in [0.2, 0.25) is 0 Å². The lowest BCUT2D eigenvalue weighted by atomic mass is 10.1. The molecule has 0 unspecified atom stereocenters. The SMILES string of the molecule is COc1ccc2c(c1F)c(CC(=O)O)c(C)n2C(=O)c1ccccc1. The molecule has 0 saturated heterocycles. The van der Waals surface area contributed by atoms with E-state index in [1.807, 2.05) is 0 Å². The van der Waals surface area contributed by atoms with Gasteiger partial charge >= 0.3 is 5.97 Å². The largest absolute Gasteiger partial charge is 0.494 e. The molecule has 0 bridgehead atoms. The summed E-state index contributed by atoms with van der Waals surface area (Å²) in [5.74, 6) is -2.11. The van der Waals surface area contributed by atoms with Crippen LogP contribution in [0.4, 0.5) is 4.39 Å². The number of aliphatic carboxylic acids is 1. The number of hydrogen-bond donors (Lipinski definition) is 1. The van der Waals surface area contributed by atoms with E-state index in [-0.39, 0.29) is 29.0 Å². The molecule has 0 fully saturated rings. The highest BCUT2D eigenvalue weighted by atomic mass is 19.1. The maximum atomic E-state index is 14.8. The molecule has 0 radical (unpaired) electrons. The molecular formula is C19H16FNO4. The summed E-state index contributed by atoms with van der Waals surface area (Å²) in [5.41, 5.74) is 1.42. The number of carbonyl (C=O) groups is 2. The Morgan fingerprint density at radius 3 is 2.44 bits per heavy atom. The number of fused-ring (bicyclic) bond motifs is 1. The van der Waals surface area contributed by atoms with E-state index in [1.165, 1.54) is 17.7 Å². The first-order chi connectivity index (χ1) is 12.0. The minimum absolute atomic E-state index is 0.00319. The van der Waals surface area contributed by atoms with Gasteiger partial charge in [-0.15, -0.1) is 0 Å². The monoisotopic (exact) mass is 341 g/mol. The Balaban J connectivity index is 2.33. The van der Waals surface area contributed by atoms with E-state index in [0.717, 1.165) is 0 Å². The van der Waals surface area contributed by atoms with Gasteiger partial charge < -0.3 is 9.84 Å². The van der Waals surface area contributed by atoms with Gasteiger partial charge in [0.25, 0.3) is 5.91 Å². The van der Waals surface area contributed by atoms with Crippen molar-refractivity contribution in [3.8, 4) is 5.75 Å². The zero-order valence-electron chi connectivity index (χ0n) is 13.7. The molecule has 0 aliphatic carbocycles. The third-order valence-electron chi connectivity index (χ3n) is 4.17. The van der Waals surface area contributed by atoms with Crippen molar-refractivity contribution in [2.75, 3.05) is 7.11 Å². The van der Waals surface area contributed by atoms with Crippen LogP contribution < -0.4 is 4.74 Å². The smallest absolute Gasteiger partial charge is 0.307 e. The van der Waals surface area contributed by atoms with E-state index in [0.29, 0.717) is 16.8 Å². The fourth-order valence-electron chi connectivity index (χ4n) is 3.01. The minimum Gasteiger partial charge on any atom is -0.494 e. The van der Waals surface area contributed by atoms with Gasteiger partial charge in [0.1, 0.15) is 0 Å². The fourth-order valence-corrected chi connectivity index (χ4v) is 3.01. The lowest BCUT2D eigenvalue weighted by molar-refractivity contribution is -0.136. The van der Waals surface area contributed by atoms with Crippen LogP contribution in [0.3, 0.4) is 0 Å². The highest BCUT2D eigenvalue weighted by Gasteiger charge is 2.25. The predicted molar refractivity (Wildman–Crippen MR) is 90.7 cm³/mol. The van der Waals surface area contributed by atoms with Crippen molar-refractivity contribution in [2.45, 2.75) is 13.3 Å². The van der Waals surface area contributed by atoms with Gasteiger partial charge in [-0.1, -0.05) is 18.2 Å². The summed E-state index contributed by atoms with van der Waals surface area (Å²) in [6, 6.07) is 11.6. The molecule has 0 amide bonds. The van der Waals surface area contributed by atoms with E-state index >= 15 is 0 Å². The van der Waals surface area contributed by atoms with Crippen molar-refractivity contribution < 1.29 is 23.8 Å². The second kappa shape index (κ2) is 6.39. The van der Waals surface area contributed by atoms with Crippen LogP contribution in [0.5, 0.6) is 5.75 Å². The normalized spacial score (nSPS) is 10.8. The summed E-state index contributed by atoms with van der Waals surface area (Å²) < 4.78 is 21.1. The first-order valence-electron chi connectivity index (χ1n) is 7.63. The summed E-state index contributed by atoms with van der Waals surface area (Å²) in [5, 5.41) is 9.29. The van der Waals surface area contributed by atoms with Crippen molar-refractivity contribution in [2.24, 2.45) is 0 Å². The molecule has 1 aromatic heterocycles. The molecule has 0 aliphatic rings. The highest BCUT2D eigenvalue weighted by molar-refractivity contribution is 6.05. The van der Waals surface area contributed by atoms with Crippen LogP contribution in [-0.4, -0.2) is 28.7 Å². The average molecular weight is 341 g/mol. The lowest BCUT2D eigenvalue weighted by Gasteiger charge is -2.08. The van der Waals surface area contributed by atoms with Crippen LogP contribution in [0.25, 0.3) is 10.9 Å². The number of nitrogens with zero attached hydrogens (tertiary/aromatic N) is 1. The maximum Gasteiger partial charge on any atom is 0.307 e. The van der Waals surface area contributed by atoms with Crippen molar-refractivity contribution >= 4 is 22.8 Å². The van der Waals surface area contributed by atoms with Gasteiger partial charge in [-0.3, -0.25) is 14.2 Å². The van der Waals surface area contributed by atoms with Gasteiger partial charge in [-0.2, -0.15) is 0 Å². The Bertz CT molecular complexity index is 976. The zero-order chi connectivity index (χ0) is 18.1. The van der Waals surface area contributed by atoms with Crippen LogP contribution >= 0.6 is 0 Å². The van der Waals surface area contributed by atoms with Gasteiger partial charge in [0.15, 0.2) is 11.6 Å². The predicted octanol–water partition coefficient (Wildman–Crippen LogP) is 3.41. The van der Waals surface area contributed by atoms with Gasteiger partial charge in [-0.25, -0.2) is 4.39 Å². The number of halogens is 1. The quantitative estimate of drug-likeness (QED) is 0.789. The number of carboxylic acids is 1. The van der Waals surface area contributed by atoms with E-state index < -0.39 is 11.8 Å². The average Bonchev–Trinajstić information content (AvgIpc) is 2.87. The number of rotatable bonds is 4. The third kappa shape index (κ3) is 2.76. The van der Waals surface area contributed by atoms with Crippen molar-refractivity contribution in [3.05, 3.63) is 65.1 Å². The van der Waals surface area contributed by atoms with Crippen molar-refractivity contribution in [1.82, 2.24) is 4.57 Å². The highest BCUT2D eigenvalue weighted by Crippen LogP contribution is 2.34. The van der Waals surface area contributed by atoms with Crippen molar-refractivity contribution in [3.63, 3.8) is 0 Å². The van der Waals surface area contributed by atoms with Gasteiger partial charge in [-0.05, 0) is 36.8 Å². The van der Waals surface area contributed by atoms with Gasteiger partial charge in [0, 0.05) is 16.6 Å². The second-order valence-corrected chi connectivity index (χ2v) is 5.62. The number of methoxy groups -OCH3 is 1. The molecule has 0 saturated carbocycles. The molecule has 5 nitrogen and oxygen atoms in total. The van der Waals surface area contributed by atoms with Crippen LogP contribution in [0.15, 0.2) is 42.5 Å². The summed E-state index contributed by atoms with van der Waals surface area (Å²) in [6.45, 7) is 1.62. The molecule has 1 N–H and O–H groups in total. The number of aromatic nitrogens is 1. The number of carbonyl (C=O) groups excluding carboxylic acids is 1. The van der Waals surface area contributed by atoms with Crippen LogP contribution in [0.2, 0.25) is 0 Å². The standard InChI is InChI=1S/C19H16FNO4/c1-11-13(10-16(22)23)17-14(8-9-15(25-2)18(17)20)21(11)19(24)12-6-4-3-5-7-12/h3-9H,10H2,1-2H3,(H,22,23). The summed E-state index contributed by atoms with van der Waals surface area (Å²) in [4.78, 5) is 24.1. The molecular weight excluding hydrogens is 325 g/mol. The Kier molecular flexibility index (Phi) is 4.27. The van der Waals surface area contributed by atoms with Crippen LogP contribution in [0.1, 0.15) is 21.6 Å². The zero-order valence-corrected chi connectivity index (χ0v) is 13.7. The molecule has 1 heterocycles. The lowest BCUT2D eigenvalue weighted by Crippen LogP contribution is -2.14. The van der Waals surface area contributed by atoms with Crippen molar-refractivity contribution in [1.29, 1.82) is 0 Å². The number of carboxylic acid groups (broad SMARTS) is 1. The summed E-state index contributed by atoms with van der Waals surface area (Å²) >= 11 is 0.